The van der Waals surface area contributed by atoms with E-state index in [-0.39, 0.29) is 11.9 Å². The number of amides is 1. The fourth-order valence-corrected chi connectivity index (χ4v) is 2.90. The number of piperidine rings is 1. The number of carbonyl (C=O) groups is 2. The molecule has 2 fully saturated rings. The van der Waals surface area contributed by atoms with Crippen molar-refractivity contribution >= 4 is 11.9 Å². The second kappa shape index (κ2) is 4.72. The van der Waals surface area contributed by atoms with E-state index in [0.717, 1.165) is 0 Å². The van der Waals surface area contributed by atoms with Gasteiger partial charge in [0.15, 0.2) is 5.78 Å². The highest BCUT2D eigenvalue weighted by Crippen LogP contribution is 2.43. The number of ketones is 1. The monoisotopic (exact) mass is 283 g/mol. The maximum atomic E-state index is 12.4. The van der Waals surface area contributed by atoms with Gasteiger partial charge in [-0.05, 0) is 47.5 Å². The van der Waals surface area contributed by atoms with Gasteiger partial charge in [-0.1, -0.05) is 0 Å². The average molecular weight is 283 g/mol. The van der Waals surface area contributed by atoms with Crippen LogP contribution in [0, 0.1) is 5.41 Å². The Kier molecular flexibility index (Phi) is 3.61. The molecule has 0 atom stereocenters. The van der Waals surface area contributed by atoms with Gasteiger partial charge in [-0.2, -0.15) is 0 Å². The minimum absolute atomic E-state index is 0.175. The van der Waals surface area contributed by atoms with Gasteiger partial charge in [0.25, 0.3) is 0 Å². The van der Waals surface area contributed by atoms with Crippen LogP contribution in [0.1, 0.15) is 47.5 Å². The van der Waals surface area contributed by atoms with Crippen LogP contribution in [0.5, 0.6) is 0 Å². The highest BCUT2D eigenvalue weighted by molar-refractivity contribution is 5.94. The smallest absolute Gasteiger partial charge is 0.410 e. The molecule has 5 nitrogen and oxygen atoms in total. The molecule has 0 aromatic carbocycles. The maximum absolute atomic E-state index is 12.4. The number of ether oxygens (including phenoxy) is 2. The number of Topliss-reactive ketones (excluding diaryl/α,β-unsaturated/α-hetero) is 1. The molecule has 1 amide bonds. The molecule has 5 heteroatoms. The van der Waals surface area contributed by atoms with Gasteiger partial charge in [-0.15, -0.1) is 0 Å². The number of hydrogen-bond acceptors (Lipinski definition) is 4. The molecule has 0 aromatic heterocycles. The lowest BCUT2D eigenvalue weighted by atomic mass is 9.73. The van der Waals surface area contributed by atoms with Crippen LogP contribution < -0.4 is 0 Å². The lowest BCUT2D eigenvalue weighted by molar-refractivity contribution is -0.134. The number of nitrogens with zero attached hydrogens (tertiary/aromatic N) is 1. The first kappa shape index (κ1) is 15.3. The first-order valence-electron chi connectivity index (χ1n) is 7.23. The number of likely N-dealkylation sites (tertiary alicyclic amines) is 1. The van der Waals surface area contributed by atoms with E-state index < -0.39 is 16.6 Å². The van der Waals surface area contributed by atoms with E-state index in [1.165, 1.54) is 0 Å². The molecule has 2 saturated heterocycles. The lowest BCUT2D eigenvalue weighted by Crippen LogP contribution is -2.49. The van der Waals surface area contributed by atoms with E-state index in [4.69, 9.17) is 9.47 Å². The van der Waals surface area contributed by atoms with E-state index in [2.05, 4.69) is 0 Å². The third-order valence-corrected chi connectivity index (χ3v) is 4.11. The maximum Gasteiger partial charge on any atom is 0.410 e. The van der Waals surface area contributed by atoms with Crippen molar-refractivity contribution < 1.29 is 19.1 Å². The Labute approximate surface area is 120 Å². The summed E-state index contributed by atoms with van der Waals surface area (Å²) in [5, 5.41) is 0. The first-order valence-corrected chi connectivity index (χ1v) is 7.23. The van der Waals surface area contributed by atoms with Gasteiger partial charge in [0, 0.05) is 13.1 Å². The highest BCUT2D eigenvalue weighted by Gasteiger charge is 2.54. The molecular weight excluding hydrogens is 258 g/mol. The van der Waals surface area contributed by atoms with Crippen molar-refractivity contribution in [2.24, 2.45) is 5.41 Å². The number of carbonyl (C=O) groups excluding carboxylic acids is 2. The van der Waals surface area contributed by atoms with Gasteiger partial charge < -0.3 is 14.4 Å². The summed E-state index contributed by atoms with van der Waals surface area (Å²) in [6.07, 6.45) is 1.03. The second-order valence-electron chi connectivity index (χ2n) is 7.38. The molecule has 0 radical (unpaired) electrons. The van der Waals surface area contributed by atoms with E-state index in [1.807, 2.05) is 34.6 Å². The van der Waals surface area contributed by atoms with Crippen LogP contribution in [0.3, 0.4) is 0 Å². The second-order valence-corrected chi connectivity index (χ2v) is 7.38. The van der Waals surface area contributed by atoms with Gasteiger partial charge in [0.05, 0.1) is 12.0 Å². The quantitative estimate of drug-likeness (QED) is 0.685. The summed E-state index contributed by atoms with van der Waals surface area (Å²) in [6, 6.07) is 0. The summed E-state index contributed by atoms with van der Waals surface area (Å²) >= 11 is 0. The predicted molar refractivity (Wildman–Crippen MR) is 74.5 cm³/mol. The third kappa shape index (κ3) is 2.82. The molecule has 0 bridgehead atoms. The summed E-state index contributed by atoms with van der Waals surface area (Å²) in [7, 11) is 0. The molecule has 2 aliphatic rings. The van der Waals surface area contributed by atoms with Crippen LogP contribution in [-0.2, 0) is 14.3 Å². The molecule has 20 heavy (non-hydrogen) atoms. The summed E-state index contributed by atoms with van der Waals surface area (Å²) in [6.45, 7) is 10.8. The van der Waals surface area contributed by atoms with Crippen molar-refractivity contribution in [3.05, 3.63) is 0 Å². The zero-order chi connectivity index (χ0) is 15.2. The normalized spacial score (nSPS) is 25.1. The highest BCUT2D eigenvalue weighted by atomic mass is 16.6. The molecule has 0 saturated carbocycles. The first-order chi connectivity index (χ1) is 9.06. The molecule has 1 spiro atoms. The third-order valence-electron chi connectivity index (χ3n) is 4.11. The molecule has 2 heterocycles. The summed E-state index contributed by atoms with van der Waals surface area (Å²) in [4.78, 5) is 26.2. The van der Waals surface area contributed by atoms with E-state index in [9.17, 15) is 9.59 Å². The Balaban J connectivity index is 1.97. The Hall–Kier alpha value is -1.10. The van der Waals surface area contributed by atoms with Gasteiger partial charge >= 0.3 is 6.09 Å². The lowest BCUT2D eigenvalue weighted by Gasteiger charge is -2.38. The zero-order valence-electron chi connectivity index (χ0n) is 13.1. The van der Waals surface area contributed by atoms with Crippen LogP contribution in [0.4, 0.5) is 4.79 Å². The fourth-order valence-electron chi connectivity index (χ4n) is 2.90. The van der Waals surface area contributed by atoms with E-state index in [0.29, 0.717) is 32.5 Å². The molecule has 0 N–H and O–H groups in total. The van der Waals surface area contributed by atoms with Gasteiger partial charge in [0.2, 0.25) is 0 Å². The molecular formula is C15H25NO4. The van der Waals surface area contributed by atoms with Crippen LogP contribution in [0.25, 0.3) is 0 Å². The summed E-state index contributed by atoms with van der Waals surface area (Å²) in [5.74, 6) is 0.175. The van der Waals surface area contributed by atoms with Crippen molar-refractivity contribution in [1.29, 1.82) is 0 Å². The Morgan fingerprint density at radius 1 is 1.25 bits per heavy atom. The Bertz CT molecular complexity index is 414. The van der Waals surface area contributed by atoms with Crippen molar-refractivity contribution in [3.8, 4) is 0 Å². The van der Waals surface area contributed by atoms with Crippen LogP contribution in [0.15, 0.2) is 0 Å². The Morgan fingerprint density at radius 2 is 1.80 bits per heavy atom. The minimum Gasteiger partial charge on any atom is -0.444 e. The average Bonchev–Trinajstić information content (AvgIpc) is 2.53. The SMILES string of the molecule is CC(C)(C)OC(=O)N1CCC2(CC1)COC(C)(C)C2=O. The number of rotatable bonds is 0. The predicted octanol–water partition coefficient (Wildman–Crippen LogP) is 2.38. The topological polar surface area (TPSA) is 55.8 Å². The van der Waals surface area contributed by atoms with Crippen LogP contribution >= 0.6 is 0 Å². The molecule has 0 unspecified atom stereocenters. The van der Waals surface area contributed by atoms with Gasteiger partial charge in [-0.25, -0.2) is 4.79 Å². The fraction of sp³-hybridized carbons (Fsp3) is 0.867. The van der Waals surface area contributed by atoms with Crippen LogP contribution in [-0.4, -0.2) is 47.7 Å². The van der Waals surface area contributed by atoms with Crippen LogP contribution in [0.2, 0.25) is 0 Å². The Morgan fingerprint density at radius 3 is 2.20 bits per heavy atom. The molecule has 0 aromatic rings. The van der Waals surface area contributed by atoms with Gasteiger partial charge in [-0.3, -0.25) is 4.79 Å². The molecule has 114 valence electrons. The van der Waals surface area contributed by atoms with Crippen molar-refractivity contribution in [1.82, 2.24) is 4.90 Å². The van der Waals surface area contributed by atoms with Crippen molar-refractivity contribution in [3.63, 3.8) is 0 Å². The molecule has 0 aliphatic carbocycles. The van der Waals surface area contributed by atoms with Crippen molar-refractivity contribution in [2.45, 2.75) is 58.7 Å². The molecule has 2 aliphatic heterocycles. The summed E-state index contributed by atoms with van der Waals surface area (Å²) in [5.41, 5.74) is -1.57. The van der Waals surface area contributed by atoms with Crippen molar-refractivity contribution in [2.75, 3.05) is 19.7 Å². The largest absolute Gasteiger partial charge is 0.444 e. The zero-order valence-corrected chi connectivity index (χ0v) is 13.1. The molecule has 2 rings (SSSR count). The number of hydrogen-bond donors (Lipinski definition) is 0. The standard InChI is InChI=1S/C15H25NO4/c1-13(2,3)20-12(18)16-8-6-15(7-9-16)10-19-14(4,5)11(15)17/h6-10H2,1-5H3. The van der Waals surface area contributed by atoms with E-state index >= 15 is 0 Å². The van der Waals surface area contributed by atoms with E-state index in [1.54, 1.807) is 4.90 Å². The minimum atomic E-state index is -0.686. The van der Waals surface area contributed by atoms with Gasteiger partial charge in [0.1, 0.15) is 11.2 Å². The summed E-state index contributed by atoms with van der Waals surface area (Å²) < 4.78 is 11.0.